The van der Waals surface area contributed by atoms with Gasteiger partial charge in [0.05, 0.1) is 6.04 Å². The maximum Gasteiger partial charge on any atom is 0.254 e. The molecule has 2 atom stereocenters. The van der Waals surface area contributed by atoms with Gasteiger partial charge in [-0.2, -0.15) is 0 Å². The Morgan fingerprint density at radius 3 is 2.57 bits per heavy atom. The largest absolute Gasteiger partial charge is 0.354 e. The van der Waals surface area contributed by atoms with Crippen molar-refractivity contribution in [3.05, 3.63) is 35.9 Å². The Hall–Kier alpha value is -1.96. The average Bonchev–Trinajstić information content (AvgIpc) is 2.73. The molecule has 1 aliphatic carbocycles. The molecule has 1 unspecified atom stereocenters. The second kappa shape index (κ2) is 10.0. The lowest BCUT2D eigenvalue weighted by molar-refractivity contribution is -0.147. The van der Waals surface area contributed by atoms with Gasteiger partial charge in [0.15, 0.2) is 0 Å². The maximum atomic E-state index is 12.9. The van der Waals surface area contributed by atoms with Crippen molar-refractivity contribution in [1.29, 1.82) is 0 Å². The molecular weight excluding hydrogens is 354 g/mol. The molecule has 2 fully saturated rings. The zero-order valence-corrected chi connectivity index (χ0v) is 16.5. The van der Waals surface area contributed by atoms with Crippen LogP contribution in [0.1, 0.15) is 44.1 Å². The van der Waals surface area contributed by atoms with E-state index in [0.29, 0.717) is 37.9 Å². The van der Waals surface area contributed by atoms with Gasteiger partial charge in [-0.15, -0.1) is 0 Å². The Bertz CT molecular complexity index is 645. The van der Waals surface area contributed by atoms with E-state index in [2.05, 4.69) is 10.7 Å². The van der Waals surface area contributed by atoms with Gasteiger partial charge in [0, 0.05) is 19.1 Å². The molecule has 0 spiro atoms. The molecule has 7 heteroatoms. The Morgan fingerprint density at radius 1 is 1.14 bits per heavy atom. The maximum absolute atomic E-state index is 12.9. The van der Waals surface area contributed by atoms with Crippen molar-refractivity contribution in [3.8, 4) is 0 Å². The molecule has 0 radical (unpaired) electrons. The van der Waals surface area contributed by atoms with E-state index in [1.165, 1.54) is 5.01 Å². The zero-order chi connectivity index (χ0) is 19.9. The molecule has 0 bridgehead atoms. The summed E-state index contributed by atoms with van der Waals surface area (Å²) in [6, 6.07) is 8.82. The summed E-state index contributed by atoms with van der Waals surface area (Å²) < 4.78 is 0. The van der Waals surface area contributed by atoms with Gasteiger partial charge in [-0.1, -0.05) is 30.3 Å². The Labute approximate surface area is 167 Å². The normalized spacial score (nSPS) is 26.5. The lowest BCUT2D eigenvalue weighted by Crippen LogP contribution is -2.62. The summed E-state index contributed by atoms with van der Waals surface area (Å²) in [5.41, 5.74) is 16.2. The molecule has 2 aliphatic rings. The lowest BCUT2D eigenvalue weighted by atomic mass is 9.86. The van der Waals surface area contributed by atoms with E-state index in [1.54, 1.807) is 0 Å². The highest BCUT2D eigenvalue weighted by atomic mass is 16.2. The minimum Gasteiger partial charge on any atom is -0.354 e. The van der Waals surface area contributed by atoms with E-state index in [-0.39, 0.29) is 11.8 Å². The number of hydrogen-bond acceptors (Lipinski definition) is 5. The van der Waals surface area contributed by atoms with Crippen LogP contribution in [-0.2, 0) is 16.0 Å². The van der Waals surface area contributed by atoms with Gasteiger partial charge in [-0.05, 0) is 56.4 Å². The van der Waals surface area contributed by atoms with Crippen LogP contribution in [0.25, 0.3) is 0 Å². The third-order valence-electron chi connectivity index (χ3n) is 5.86. The van der Waals surface area contributed by atoms with Gasteiger partial charge in [-0.25, -0.2) is 5.43 Å². The van der Waals surface area contributed by atoms with Crippen molar-refractivity contribution in [3.63, 3.8) is 0 Å². The fourth-order valence-electron chi connectivity index (χ4n) is 4.10. The van der Waals surface area contributed by atoms with Gasteiger partial charge in [0.2, 0.25) is 5.91 Å². The number of carbonyl (C=O) groups is 2. The molecule has 1 aliphatic heterocycles. The van der Waals surface area contributed by atoms with Crippen LogP contribution in [0.4, 0.5) is 0 Å². The molecule has 2 amide bonds. The van der Waals surface area contributed by atoms with Crippen molar-refractivity contribution in [1.82, 2.24) is 15.8 Å². The van der Waals surface area contributed by atoms with Crippen LogP contribution in [-0.4, -0.2) is 48.0 Å². The van der Waals surface area contributed by atoms with Gasteiger partial charge in [-0.3, -0.25) is 14.6 Å². The number of carbonyl (C=O) groups excluding carboxylic acids is 2. The summed E-state index contributed by atoms with van der Waals surface area (Å²) in [5.74, 6) is 0.152. The molecule has 1 aromatic rings. The summed E-state index contributed by atoms with van der Waals surface area (Å²) in [6.07, 6.45) is 6.10. The highest BCUT2D eigenvalue weighted by molar-refractivity contribution is 5.89. The molecule has 7 nitrogen and oxygen atoms in total. The summed E-state index contributed by atoms with van der Waals surface area (Å²) in [7, 11) is 0. The Balaban J connectivity index is 1.54. The van der Waals surface area contributed by atoms with Crippen LogP contribution in [0.15, 0.2) is 30.3 Å². The van der Waals surface area contributed by atoms with Crippen molar-refractivity contribution < 1.29 is 9.59 Å². The molecule has 1 heterocycles. The van der Waals surface area contributed by atoms with E-state index < -0.39 is 12.1 Å². The number of nitrogens with two attached hydrogens (primary N) is 2. The van der Waals surface area contributed by atoms with Crippen LogP contribution < -0.4 is 22.2 Å². The summed E-state index contributed by atoms with van der Waals surface area (Å²) in [4.78, 5) is 25.7. The fourth-order valence-corrected chi connectivity index (χ4v) is 4.10. The minimum absolute atomic E-state index is 0.0951. The van der Waals surface area contributed by atoms with E-state index in [4.69, 9.17) is 11.5 Å². The number of hydrogen-bond donors (Lipinski definition) is 4. The van der Waals surface area contributed by atoms with Crippen LogP contribution in [0, 0.1) is 5.92 Å². The second-order valence-electron chi connectivity index (χ2n) is 8.10. The SMILES string of the molecule is NC1CCC(CNC(=O)[C@@H]2CCCNN2C(=O)C(N)Cc2ccccc2)CC1. The van der Waals surface area contributed by atoms with Crippen molar-refractivity contribution in [2.45, 2.75) is 63.1 Å². The quantitative estimate of drug-likeness (QED) is 0.573. The Morgan fingerprint density at radius 2 is 1.86 bits per heavy atom. The molecule has 1 saturated heterocycles. The number of benzene rings is 1. The van der Waals surface area contributed by atoms with E-state index in [9.17, 15) is 9.59 Å². The molecule has 1 saturated carbocycles. The minimum atomic E-state index is -0.678. The monoisotopic (exact) mass is 387 g/mol. The molecular formula is C21H33N5O2. The summed E-state index contributed by atoms with van der Waals surface area (Å²) in [5, 5.41) is 4.52. The number of amides is 2. The van der Waals surface area contributed by atoms with Crippen molar-refractivity contribution >= 4 is 11.8 Å². The zero-order valence-electron chi connectivity index (χ0n) is 16.5. The van der Waals surface area contributed by atoms with Crippen molar-refractivity contribution in [2.75, 3.05) is 13.1 Å². The smallest absolute Gasteiger partial charge is 0.254 e. The summed E-state index contributed by atoms with van der Waals surface area (Å²) in [6.45, 7) is 1.33. The number of nitrogens with zero attached hydrogens (tertiary/aromatic N) is 1. The van der Waals surface area contributed by atoms with Gasteiger partial charge in [0.1, 0.15) is 6.04 Å². The van der Waals surface area contributed by atoms with E-state index in [1.807, 2.05) is 30.3 Å². The third-order valence-corrected chi connectivity index (χ3v) is 5.86. The second-order valence-corrected chi connectivity index (χ2v) is 8.10. The molecule has 28 heavy (non-hydrogen) atoms. The molecule has 3 rings (SSSR count). The van der Waals surface area contributed by atoms with Crippen LogP contribution in [0.2, 0.25) is 0 Å². The first-order chi connectivity index (χ1) is 13.5. The number of rotatable bonds is 6. The molecule has 154 valence electrons. The lowest BCUT2D eigenvalue weighted by Gasteiger charge is -2.37. The van der Waals surface area contributed by atoms with Gasteiger partial charge >= 0.3 is 0 Å². The predicted molar refractivity (Wildman–Crippen MR) is 109 cm³/mol. The standard InChI is InChI=1S/C21H33N5O2/c22-17-10-8-16(9-11-17)14-24-20(27)19-7-4-12-25-26(19)21(28)18(23)13-15-5-2-1-3-6-15/h1-3,5-6,16-19,25H,4,7-14,22-23H2,(H,24,27)/t16?,17?,18?,19-/m0/s1. The van der Waals surface area contributed by atoms with Crippen LogP contribution in [0.5, 0.6) is 0 Å². The third kappa shape index (κ3) is 5.53. The number of nitrogens with one attached hydrogen (secondary N) is 2. The van der Waals surface area contributed by atoms with E-state index >= 15 is 0 Å². The number of hydrazine groups is 1. The molecule has 1 aromatic carbocycles. The van der Waals surface area contributed by atoms with Gasteiger partial charge < -0.3 is 16.8 Å². The van der Waals surface area contributed by atoms with E-state index in [0.717, 1.165) is 37.7 Å². The van der Waals surface area contributed by atoms with Crippen LogP contribution in [0.3, 0.4) is 0 Å². The molecule has 0 aromatic heterocycles. The van der Waals surface area contributed by atoms with Crippen LogP contribution >= 0.6 is 0 Å². The first-order valence-corrected chi connectivity index (χ1v) is 10.4. The average molecular weight is 388 g/mol. The summed E-state index contributed by atoms with van der Waals surface area (Å²) >= 11 is 0. The van der Waals surface area contributed by atoms with Crippen molar-refractivity contribution in [2.24, 2.45) is 17.4 Å². The first-order valence-electron chi connectivity index (χ1n) is 10.4. The first kappa shape index (κ1) is 20.8. The fraction of sp³-hybridized carbons (Fsp3) is 0.619. The highest BCUT2D eigenvalue weighted by Crippen LogP contribution is 2.22. The van der Waals surface area contributed by atoms with Gasteiger partial charge in [0.25, 0.3) is 5.91 Å². The molecule has 6 N–H and O–H groups in total. The highest BCUT2D eigenvalue weighted by Gasteiger charge is 2.35. The topological polar surface area (TPSA) is 113 Å². The Kier molecular flexibility index (Phi) is 7.42. The predicted octanol–water partition coefficient (Wildman–Crippen LogP) is 0.686.